The fraction of sp³-hybridized carbons (Fsp3) is 0.118. The SMILES string of the molecule is FC(F)(F)c1cc(NCc2ccccc2Cl)nc(-c2ccccn2)n1. The molecule has 2 heterocycles. The van der Waals surface area contributed by atoms with Crippen LogP contribution in [0.1, 0.15) is 11.3 Å². The molecule has 0 aliphatic rings. The number of anilines is 1. The van der Waals surface area contributed by atoms with Crippen LogP contribution in [0.15, 0.2) is 54.7 Å². The van der Waals surface area contributed by atoms with Crippen LogP contribution in [-0.2, 0) is 12.7 Å². The van der Waals surface area contributed by atoms with Gasteiger partial charge in [-0.25, -0.2) is 9.97 Å². The van der Waals surface area contributed by atoms with E-state index in [4.69, 9.17) is 11.6 Å². The highest BCUT2D eigenvalue weighted by molar-refractivity contribution is 6.31. The minimum atomic E-state index is -4.59. The van der Waals surface area contributed by atoms with Crippen molar-refractivity contribution in [2.75, 3.05) is 5.32 Å². The lowest BCUT2D eigenvalue weighted by Crippen LogP contribution is -2.12. The molecule has 0 saturated carbocycles. The number of halogens is 4. The molecule has 0 atom stereocenters. The lowest BCUT2D eigenvalue weighted by atomic mass is 10.2. The van der Waals surface area contributed by atoms with Crippen molar-refractivity contribution >= 4 is 17.4 Å². The first-order chi connectivity index (χ1) is 11.9. The third kappa shape index (κ3) is 4.24. The molecule has 0 amide bonds. The number of nitrogens with one attached hydrogen (secondary N) is 1. The van der Waals surface area contributed by atoms with Crippen LogP contribution in [0.4, 0.5) is 19.0 Å². The summed E-state index contributed by atoms with van der Waals surface area (Å²) in [5.41, 5.74) is -0.0325. The molecule has 0 unspecified atom stereocenters. The average molecular weight is 365 g/mol. The second-order valence-corrected chi connectivity index (χ2v) is 5.53. The minimum Gasteiger partial charge on any atom is -0.366 e. The van der Waals surface area contributed by atoms with Crippen molar-refractivity contribution in [3.63, 3.8) is 0 Å². The zero-order valence-electron chi connectivity index (χ0n) is 12.8. The van der Waals surface area contributed by atoms with Gasteiger partial charge in [0.2, 0.25) is 0 Å². The Hall–Kier alpha value is -2.67. The maximum absolute atomic E-state index is 13.1. The number of hydrogen-bond acceptors (Lipinski definition) is 4. The summed E-state index contributed by atoms with van der Waals surface area (Å²) in [5, 5.41) is 3.38. The van der Waals surface area contributed by atoms with E-state index < -0.39 is 11.9 Å². The van der Waals surface area contributed by atoms with E-state index in [2.05, 4.69) is 20.3 Å². The third-order valence-electron chi connectivity index (χ3n) is 3.33. The van der Waals surface area contributed by atoms with Gasteiger partial charge in [0.15, 0.2) is 11.5 Å². The van der Waals surface area contributed by atoms with Crippen molar-refractivity contribution in [1.82, 2.24) is 15.0 Å². The Morgan fingerprint density at radius 1 is 1.00 bits per heavy atom. The number of benzene rings is 1. The zero-order chi connectivity index (χ0) is 17.9. The molecular weight excluding hydrogens is 353 g/mol. The fourth-order valence-corrected chi connectivity index (χ4v) is 2.32. The second kappa shape index (κ2) is 7.06. The number of pyridine rings is 1. The molecule has 0 spiro atoms. The van der Waals surface area contributed by atoms with E-state index in [9.17, 15) is 13.2 Å². The van der Waals surface area contributed by atoms with Crippen LogP contribution in [0, 0.1) is 0 Å². The van der Waals surface area contributed by atoms with Crippen molar-refractivity contribution in [2.45, 2.75) is 12.7 Å². The fourth-order valence-electron chi connectivity index (χ4n) is 2.12. The van der Waals surface area contributed by atoms with Crippen LogP contribution in [0.2, 0.25) is 5.02 Å². The van der Waals surface area contributed by atoms with E-state index in [1.807, 2.05) is 0 Å². The normalized spacial score (nSPS) is 11.4. The Bertz CT molecular complexity index is 869. The first kappa shape index (κ1) is 17.2. The zero-order valence-corrected chi connectivity index (χ0v) is 13.5. The molecule has 3 aromatic rings. The van der Waals surface area contributed by atoms with Crippen LogP contribution < -0.4 is 5.32 Å². The molecule has 0 fully saturated rings. The third-order valence-corrected chi connectivity index (χ3v) is 3.70. The van der Waals surface area contributed by atoms with Gasteiger partial charge in [-0.05, 0) is 23.8 Å². The van der Waals surface area contributed by atoms with Gasteiger partial charge in [-0.3, -0.25) is 4.98 Å². The van der Waals surface area contributed by atoms with Crippen LogP contribution >= 0.6 is 11.6 Å². The van der Waals surface area contributed by atoms with Gasteiger partial charge in [-0.15, -0.1) is 0 Å². The van der Waals surface area contributed by atoms with Crippen molar-refractivity contribution in [2.24, 2.45) is 0 Å². The Balaban J connectivity index is 1.94. The lowest BCUT2D eigenvalue weighted by molar-refractivity contribution is -0.141. The predicted octanol–water partition coefficient (Wildman–Crippen LogP) is 4.82. The molecule has 2 aromatic heterocycles. The summed E-state index contributed by atoms with van der Waals surface area (Å²) in [6.07, 6.45) is -3.12. The van der Waals surface area contributed by atoms with Crippen molar-refractivity contribution in [3.05, 3.63) is 71.0 Å². The highest BCUT2D eigenvalue weighted by Gasteiger charge is 2.34. The van der Waals surface area contributed by atoms with E-state index >= 15 is 0 Å². The largest absolute Gasteiger partial charge is 0.433 e. The lowest BCUT2D eigenvalue weighted by Gasteiger charge is -2.12. The van der Waals surface area contributed by atoms with Crippen LogP contribution in [0.3, 0.4) is 0 Å². The standard InChI is InChI=1S/C17H12ClF3N4/c18-12-6-2-1-5-11(12)10-23-15-9-14(17(19,20)21)24-16(25-15)13-7-3-4-8-22-13/h1-9H,10H2,(H,23,24,25). The number of alkyl halides is 3. The second-order valence-electron chi connectivity index (χ2n) is 5.12. The Kier molecular flexibility index (Phi) is 4.85. The number of aromatic nitrogens is 3. The smallest absolute Gasteiger partial charge is 0.366 e. The van der Waals surface area contributed by atoms with Gasteiger partial charge in [-0.2, -0.15) is 13.2 Å². The monoisotopic (exact) mass is 364 g/mol. The highest BCUT2D eigenvalue weighted by atomic mass is 35.5. The van der Waals surface area contributed by atoms with Crippen LogP contribution in [0.25, 0.3) is 11.5 Å². The highest BCUT2D eigenvalue weighted by Crippen LogP contribution is 2.30. The van der Waals surface area contributed by atoms with E-state index in [0.29, 0.717) is 5.02 Å². The first-order valence-corrected chi connectivity index (χ1v) is 7.66. The molecule has 0 saturated heterocycles. The van der Waals surface area contributed by atoms with Gasteiger partial charge in [0.1, 0.15) is 11.5 Å². The molecule has 3 rings (SSSR count). The molecule has 128 valence electrons. The summed E-state index contributed by atoms with van der Waals surface area (Å²) in [4.78, 5) is 11.7. The molecule has 0 bridgehead atoms. The molecule has 1 aromatic carbocycles. The van der Waals surface area contributed by atoms with Crippen LogP contribution in [0.5, 0.6) is 0 Å². The predicted molar refractivity (Wildman–Crippen MR) is 89.0 cm³/mol. The summed E-state index contributed by atoms with van der Waals surface area (Å²) < 4.78 is 39.4. The first-order valence-electron chi connectivity index (χ1n) is 7.28. The number of rotatable bonds is 4. The summed E-state index contributed by atoms with van der Waals surface area (Å²) in [5.74, 6) is -0.0556. The van der Waals surface area contributed by atoms with Crippen molar-refractivity contribution in [1.29, 1.82) is 0 Å². The average Bonchev–Trinajstić information content (AvgIpc) is 2.61. The maximum Gasteiger partial charge on any atom is 0.433 e. The summed E-state index contributed by atoms with van der Waals surface area (Å²) in [7, 11) is 0. The van der Waals surface area contributed by atoms with Gasteiger partial charge in [0.25, 0.3) is 0 Å². The van der Waals surface area contributed by atoms with E-state index in [1.165, 1.54) is 6.20 Å². The van der Waals surface area contributed by atoms with Crippen LogP contribution in [-0.4, -0.2) is 15.0 Å². The molecule has 0 aliphatic carbocycles. The summed E-state index contributed by atoms with van der Waals surface area (Å²) in [6.45, 7) is 0.232. The van der Waals surface area contributed by atoms with Gasteiger partial charge < -0.3 is 5.32 Å². The number of nitrogens with zero attached hydrogens (tertiary/aromatic N) is 3. The number of hydrogen-bond donors (Lipinski definition) is 1. The van der Waals surface area contributed by atoms with E-state index in [-0.39, 0.29) is 23.9 Å². The molecule has 0 aliphatic heterocycles. The molecule has 8 heteroatoms. The quantitative estimate of drug-likeness (QED) is 0.721. The molecule has 25 heavy (non-hydrogen) atoms. The minimum absolute atomic E-state index is 0.0443. The van der Waals surface area contributed by atoms with E-state index in [1.54, 1.807) is 42.5 Å². The van der Waals surface area contributed by atoms with Gasteiger partial charge in [0.05, 0.1) is 0 Å². The maximum atomic E-state index is 13.1. The Morgan fingerprint density at radius 3 is 2.44 bits per heavy atom. The molecular formula is C17H12ClF3N4. The Morgan fingerprint density at radius 2 is 1.76 bits per heavy atom. The van der Waals surface area contributed by atoms with Gasteiger partial charge in [-0.1, -0.05) is 35.9 Å². The molecule has 0 radical (unpaired) electrons. The van der Waals surface area contributed by atoms with Crippen molar-refractivity contribution in [3.8, 4) is 11.5 Å². The van der Waals surface area contributed by atoms with Crippen molar-refractivity contribution < 1.29 is 13.2 Å². The molecule has 4 nitrogen and oxygen atoms in total. The van der Waals surface area contributed by atoms with Gasteiger partial charge >= 0.3 is 6.18 Å². The summed E-state index contributed by atoms with van der Waals surface area (Å²) >= 11 is 6.06. The van der Waals surface area contributed by atoms with Gasteiger partial charge in [0, 0.05) is 23.8 Å². The van der Waals surface area contributed by atoms with E-state index in [0.717, 1.165) is 11.6 Å². The molecule has 1 N–H and O–H groups in total. The summed E-state index contributed by atoms with van der Waals surface area (Å²) in [6, 6.07) is 12.8. The Labute approximate surface area is 146 Å². The topological polar surface area (TPSA) is 50.7 Å².